The maximum absolute atomic E-state index is 12.2. The van der Waals surface area contributed by atoms with Crippen molar-refractivity contribution < 1.29 is 18.7 Å². The van der Waals surface area contributed by atoms with Crippen molar-refractivity contribution in [3.05, 3.63) is 18.4 Å². The van der Waals surface area contributed by atoms with Crippen LogP contribution in [0, 0.1) is 0 Å². The van der Waals surface area contributed by atoms with Crippen LogP contribution in [-0.2, 0) is 9.53 Å². The van der Waals surface area contributed by atoms with E-state index in [-0.39, 0.29) is 36.3 Å². The van der Waals surface area contributed by atoms with Crippen LogP contribution in [0.2, 0.25) is 0 Å². The molecular formula is C13H17N3O4. The number of likely N-dealkylation sites (N-methyl/N-ethyl adjacent to an activating group) is 1. The van der Waals surface area contributed by atoms with Crippen molar-refractivity contribution in [1.82, 2.24) is 14.8 Å². The number of aromatic nitrogens is 1. The van der Waals surface area contributed by atoms with Crippen LogP contribution in [0.4, 0.5) is 0 Å². The number of amides is 2. The Labute approximate surface area is 116 Å². The Bertz CT molecular complexity index is 502. The Kier molecular flexibility index (Phi) is 3.43. The summed E-state index contributed by atoms with van der Waals surface area (Å²) in [5.74, 6) is 0.0941. The van der Waals surface area contributed by atoms with Crippen LogP contribution in [0.15, 0.2) is 17.0 Å². The number of nitrogens with zero attached hydrogens (tertiary/aromatic N) is 3. The molecule has 0 aromatic carbocycles. The Balaban J connectivity index is 1.70. The molecule has 0 spiro atoms. The van der Waals surface area contributed by atoms with Crippen molar-refractivity contribution in [3.63, 3.8) is 0 Å². The van der Waals surface area contributed by atoms with E-state index in [1.165, 1.54) is 12.6 Å². The second kappa shape index (κ2) is 5.24. The van der Waals surface area contributed by atoms with Crippen LogP contribution in [0.25, 0.3) is 0 Å². The molecule has 0 aliphatic carbocycles. The fourth-order valence-corrected chi connectivity index (χ4v) is 2.84. The molecule has 2 atom stereocenters. The average molecular weight is 279 g/mol. The van der Waals surface area contributed by atoms with E-state index in [0.29, 0.717) is 19.5 Å². The van der Waals surface area contributed by atoms with Crippen LogP contribution in [0.3, 0.4) is 0 Å². The van der Waals surface area contributed by atoms with Crippen LogP contribution >= 0.6 is 0 Å². The number of fused-ring (bicyclic) bond motifs is 1. The summed E-state index contributed by atoms with van der Waals surface area (Å²) in [7, 11) is 1.80. The minimum atomic E-state index is -0.157. The third-order valence-electron chi connectivity index (χ3n) is 4.05. The first-order chi connectivity index (χ1) is 9.66. The van der Waals surface area contributed by atoms with Crippen molar-refractivity contribution in [2.24, 2.45) is 0 Å². The number of carbonyl (C=O) groups is 2. The summed E-state index contributed by atoms with van der Waals surface area (Å²) in [4.78, 5) is 31.1. The van der Waals surface area contributed by atoms with Gasteiger partial charge in [-0.15, -0.1) is 0 Å². The van der Waals surface area contributed by atoms with E-state index in [2.05, 4.69) is 4.98 Å². The SMILES string of the molecule is CN1C(=O)CO[C@H]2CCN(C(=O)c3cnco3)CC[C@@H]21. The molecule has 0 N–H and O–H groups in total. The van der Waals surface area contributed by atoms with E-state index >= 15 is 0 Å². The largest absolute Gasteiger partial charge is 0.438 e. The minimum absolute atomic E-state index is 0.00117. The molecule has 7 heteroatoms. The predicted octanol–water partition coefficient (Wildman–Crippen LogP) is 0.136. The summed E-state index contributed by atoms with van der Waals surface area (Å²) in [6.07, 6.45) is 4.12. The maximum Gasteiger partial charge on any atom is 0.291 e. The van der Waals surface area contributed by atoms with E-state index in [0.717, 1.165) is 6.42 Å². The zero-order chi connectivity index (χ0) is 14.1. The van der Waals surface area contributed by atoms with Crippen molar-refractivity contribution in [3.8, 4) is 0 Å². The number of morpholine rings is 1. The number of carbonyl (C=O) groups excluding carboxylic acids is 2. The molecule has 0 saturated carbocycles. The first kappa shape index (κ1) is 13.1. The molecule has 2 fully saturated rings. The third-order valence-corrected chi connectivity index (χ3v) is 4.05. The second-order valence-corrected chi connectivity index (χ2v) is 5.16. The lowest BCUT2D eigenvalue weighted by Crippen LogP contribution is -2.52. The quantitative estimate of drug-likeness (QED) is 0.730. The summed E-state index contributed by atoms with van der Waals surface area (Å²) >= 11 is 0. The lowest BCUT2D eigenvalue weighted by Gasteiger charge is -2.37. The third kappa shape index (κ3) is 2.29. The molecule has 2 amide bonds. The summed E-state index contributed by atoms with van der Waals surface area (Å²) in [5, 5.41) is 0. The molecule has 108 valence electrons. The maximum atomic E-state index is 12.2. The Morgan fingerprint density at radius 2 is 2.20 bits per heavy atom. The second-order valence-electron chi connectivity index (χ2n) is 5.16. The standard InChI is InChI=1S/C13H17N3O4/c1-15-9-2-4-16(13(18)11-6-14-8-20-11)5-3-10(9)19-7-12(15)17/h6,8-10H,2-5,7H2,1H3/t9-,10-/m0/s1. The molecule has 0 bridgehead atoms. The van der Waals surface area contributed by atoms with Gasteiger partial charge in [0.2, 0.25) is 11.7 Å². The zero-order valence-corrected chi connectivity index (χ0v) is 11.3. The van der Waals surface area contributed by atoms with Gasteiger partial charge in [0.1, 0.15) is 6.61 Å². The number of ether oxygens (including phenoxy) is 1. The van der Waals surface area contributed by atoms with Crippen LogP contribution in [0.5, 0.6) is 0 Å². The van der Waals surface area contributed by atoms with Gasteiger partial charge in [-0.3, -0.25) is 9.59 Å². The first-order valence-electron chi connectivity index (χ1n) is 6.72. The number of hydrogen-bond acceptors (Lipinski definition) is 5. The van der Waals surface area contributed by atoms with Crippen molar-refractivity contribution in [2.45, 2.75) is 25.0 Å². The number of hydrogen-bond donors (Lipinski definition) is 0. The lowest BCUT2D eigenvalue weighted by molar-refractivity contribution is -0.154. The highest BCUT2D eigenvalue weighted by Gasteiger charge is 2.37. The number of likely N-dealkylation sites (tertiary alicyclic amines) is 1. The molecule has 20 heavy (non-hydrogen) atoms. The normalized spacial score (nSPS) is 27.1. The molecule has 3 heterocycles. The van der Waals surface area contributed by atoms with Gasteiger partial charge in [-0.05, 0) is 12.8 Å². The van der Waals surface area contributed by atoms with E-state index < -0.39 is 0 Å². The van der Waals surface area contributed by atoms with Gasteiger partial charge in [-0.25, -0.2) is 4.98 Å². The molecule has 1 aromatic rings. The molecule has 0 unspecified atom stereocenters. The van der Waals surface area contributed by atoms with Gasteiger partial charge in [0, 0.05) is 20.1 Å². The van der Waals surface area contributed by atoms with Gasteiger partial charge < -0.3 is 19.0 Å². The van der Waals surface area contributed by atoms with Crippen LogP contribution < -0.4 is 0 Å². The highest BCUT2D eigenvalue weighted by atomic mass is 16.5. The minimum Gasteiger partial charge on any atom is -0.438 e. The fraction of sp³-hybridized carbons (Fsp3) is 0.615. The molecule has 1 aromatic heterocycles. The molecule has 2 saturated heterocycles. The zero-order valence-electron chi connectivity index (χ0n) is 11.3. The van der Waals surface area contributed by atoms with Gasteiger partial charge in [0.15, 0.2) is 6.39 Å². The van der Waals surface area contributed by atoms with Gasteiger partial charge in [-0.1, -0.05) is 0 Å². The van der Waals surface area contributed by atoms with Gasteiger partial charge >= 0.3 is 0 Å². The Hall–Kier alpha value is -1.89. The summed E-state index contributed by atoms with van der Waals surface area (Å²) in [6.45, 7) is 1.32. The van der Waals surface area contributed by atoms with Crippen LogP contribution in [-0.4, -0.2) is 65.5 Å². The monoisotopic (exact) mass is 279 g/mol. The Morgan fingerprint density at radius 3 is 2.95 bits per heavy atom. The van der Waals surface area contributed by atoms with Gasteiger partial charge in [0.25, 0.3) is 5.91 Å². The molecule has 2 aliphatic rings. The molecule has 0 radical (unpaired) electrons. The summed E-state index contributed by atoms with van der Waals surface area (Å²) < 4.78 is 10.6. The van der Waals surface area contributed by atoms with E-state index in [4.69, 9.17) is 9.15 Å². The number of rotatable bonds is 1. The molecular weight excluding hydrogens is 262 g/mol. The molecule has 2 aliphatic heterocycles. The molecule has 7 nitrogen and oxygen atoms in total. The number of oxazole rings is 1. The van der Waals surface area contributed by atoms with Gasteiger partial charge in [-0.2, -0.15) is 0 Å². The summed E-state index contributed by atoms with van der Waals surface area (Å²) in [6, 6.07) is 0.0452. The topological polar surface area (TPSA) is 75.9 Å². The summed E-state index contributed by atoms with van der Waals surface area (Å²) in [5.41, 5.74) is 0. The van der Waals surface area contributed by atoms with Crippen molar-refractivity contribution in [2.75, 3.05) is 26.7 Å². The highest BCUT2D eigenvalue weighted by Crippen LogP contribution is 2.23. The molecule has 3 rings (SSSR count). The predicted molar refractivity (Wildman–Crippen MR) is 67.9 cm³/mol. The van der Waals surface area contributed by atoms with E-state index in [9.17, 15) is 9.59 Å². The fourth-order valence-electron chi connectivity index (χ4n) is 2.84. The Morgan fingerprint density at radius 1 is 1.40 bits per heavy atom. The highest BCUT2D eigenvalue weighted by molar-refractivity contribution is 5.91. The average Bonchev–Trinajstić information content (AvgIpc) is 2.89. The van der Waals surface area contributed by atoms with E-state index in [1.807, 2.05) is 0 Å². The van der Waals surface area contributed by atoms with Crippen molar-refractivity contribution in [1.29, 1.82) is 0 Å². The first-order valence-corrected chi connectivity index (χ1v) is 6.72. The van der Waals surface area contributed by atoms with E-state index in [1.54, 1.807) is 16.8 Å². The smallest absolute Gasteiger partial charge is 0.291 e. The van der Waals surface area contributed by atoms with Crippen LogP contribution in [0.1, 0.15) is 23.4 Å². The van der Waals surface area contributed by atoms with Crippen molar-refractivity contribution >= 4 is 11.8 Å². The lowest BCUT2D eigenvalue weighted by atomic mass is 10.0. The van der Waals surface area contributed by atoms with Gasteiger partial charge in [0.05, 0.1) is 18.3 Å².